The minimum absolute atomic E-state index is 0.134. The standard InChI is InChI=1S/C15H8O4Se/c16-15-13-10-6-2-4-8-12(10)20(17,18)14(13)9-5-1-3-7-11(9)19-15/h1-8H. The van der Waals surface area contributed by atoms with E-state index in [-0.39, 0.29) is 14.5 Å². The molecule has 0 bridgehead atoms. The number of rotatable bonds is 0. The Morgan fingerprint density at radius 2 is 1.60 bits per heavy atom. The number of benzene rings is 2. The number of para-hydroxylation sites is 1. The second kappa shape index (κ2) is 3.66. The number of hydrogen-bond acceptors (Lipinski definition) is 4. The van der Waals surface area contributed by atoms with Crippen LogP contribution in [-0.2, 0) is 7.67 Å². The summed E-state index contributed by atoms with van der Waals surface area (Å²) < 4.78 is 31.1. The average molecular weight is 331 g/mol. The van der Waals surface area contributed by atoms with E-state index in [1.807, 2.05) is 0 Å². The van der Waals surface area contributed by atoms with E-state index in [0.29, 0.717) is 16.5 Å². The van der Waals surface area contributed by atoms with Gasteiger partial charge >= 0.3 is 115 Å². The Kier molecular flexibility index (Phi) is 2.12. The maximum atomic E-state index is 12.7. The summed E-state index contributed by atoms with van der Waals surface area (Å²) in [5.74, 6) is 0. The van der Waals surface area contributed by atoms with E-state index in [2.05, 4.69) is 0 Å². The monoisotopic (exact) mass is 332 g/mol. The molecule has 5 heteroatoms. The Balaban J connectivity index is 2.35. The van der Waals surface area contributed by atoms with Crippen molar-refractivity contribution in [2.45, 2.75) is 0 Å². The van der Waals surface area contributed by atoms with E-state index in [1.54, 1.807) is 48.5 Å². The van der Waals surface area contributed by atoms with Gasteiger partial charge in [0.2, 0.25) is 0 Å². The van der Waals surface area contributed by atoms with Crippen molar-refractivity contribution < 1.29 is 12.1 Å². The fourth-order valence-electron chi connectivity index (χ4n) is 2.65. The summed E-state index contributed by atoms with van der Waals surface area (Å²) in [5, 5.41) is 0.475. The molecule has 1 aliphatic rings. The summed E-state index contributed by atoms with van der Waals surface area (Å²) in [6, 6.07) is 13.3. The summed E-state index contributed by atoms with van der Waals surface area (Å²) in [5.41, 5.74) is 0.325. The molecule has 2 aromatic carbocycles. The molecule has 0 N–H and O–H groups in total. The molecule has 2 heterocycles. The fourth-order valence-corrected chi connectivity index (χ4v) is 6.55. The molecule has 98 valence electrons. The van der Waals surface area contributed by atoms with Crippen molar-refractivity contribution in [1.82, 2.24) is 0 Å². The third-order valence-corrected chi connectivity index (χ3v) is 7.46. The van der Waals surface area contributed by atoms with Gasteiger partial charge in [-0.25, -0.2) is 0 Å². The normalized spacial score (nSPS) is 15.0. The molecule has 0 aliphatic carbocycles. The average Bonchev–Trinajstić information content (AvgIpc) is 2.69. The fraction of sp³-hybridized carbons (Fsp3) is 0. The summed E-state index contributed by atoms with van der Waals surface area (Å²) in [4.78, 5) is 12.2. The van der Waals surface area contributed by atoms with Gasteiger partial charge in [-0.1, -0.05) is 0 Å². The zero-order valence-electron chi connectivity index (χ0n) is 10.2. The molecule has 0 amide bonds. The van der Waals surface area contributed by atoms with Gasteiger partial charge in [0, 0.05) is 0 Å². The first kappa shape index (κ1) is 11.6. The summed E-state index contributed by atoms with van der Waals surface area (Å²) in [6.07, 6.45) is 0. The molecule has 20 heavy (non-hydrogen) atoms. The first-order valence-electron chi connectivity index (χ1n) is 6.01. The quantitative estimate of drug-likeness (QED) is 0.359. The van der Waals surface area contributed by atoms with Gasteiger partial charge in [0.05, 0.1) is 0 Å². The molecule has 0 atom stereocenters. The second-order valence-electron chi connectivity index (χ2n) is 4.59. The van der Waals surface area contributed by atoms with Crippen LogP contribution in [0.15, 0.2) is 57.7 Å². The van der Waals surface area contributed by atoms with Crippen molar-refractivity contribution >= 4 is 32.6 Å². The molecule has 0 saturated carbocycles. The van der Waals surface area contributed by atoms with Crippen molar-refractivity contribution in [3.05, 3.63) is 59.0 Å². The summed E-state index contributed by atoms with van der Waals surface area (Å²) in [6.45, 7) is 0. The van der Waals surface area contributed by atoms with E-state index in [4.69, 9.17) is 4.42 Å². The number of hydrogen-bond donors (Lipinski definition) is 0. The molecule has 0 unspecified atom stereocenters. The van der Waals surface area contributed by atoms with Crippen LogP contribution in [0.3, 0.4) is 0 Å². The van der Waals surface area contributed by atoms with Crippen LogP contribution in [0.2, 0.25) is 0 Å². The Morgan fingerprint density at radius 3 is 2.45 bits per heavy atom. The molecule has 4 rings (SSSR count). The molecule has 0 radical (unpaired) electrons. The van der Waals surface area contributed by atoms with Crippen LogP contribution in [0.5, 0.6) is 0 Å². The van der Waals surface area contributed by atoms with Gasteiger partial charge in [-0.15, -0.1) is 0 Å². The van der Waals surface area contributed by atoms with Crippen LogP contribution >= 0.6 is 0 Å². The predicted octanol–water partition coefficient (Wildman–Crippen LogP) is 1.19. The first-order valence-corrected chi connectivity index (χ1v) is 9.12. The van der Waals surface area contributed by atoms with Crippen LogP contribution in [0, 0.1) is 0 Å². The van der Waals surface area contributed by atoms with Crippen molar-refractivity contribution in [1.29, 1.82) is 0 Å². The van der Waals surface area contributed by atoms with Crippen LogP contribution in [-0.4, -0.2) is 12.7 Å². The summed E-state index contributed by atoms with van der Waals surface area (Å²) >= 11 is -4.54. The Labute approximate surface area is 115 Å². The Bertz CT molecular complexity index is 1030. The zero-order valence-corrected chi connectivity index (χ0v) is 11.9. The second-order valence-corrected chi connectivity index (χ2v) is 8.48. The van der Waals surface area contributed by atoms with Crippen molar-refractivity contribution in [3.63, 3.8) is 0 Å². The Morgan fingerprint density at radius 1 is 0.900 bits per heavy atom. The van der Waals surface area contributed by atoms with E-state index >= 15 is 0 Å². The van der Waals surface area contributed by atoms with Crippen molar-refractivity contribution in [2.75, 3.05) is 0 Å². The van der Waals surface area contributed by atoms with Gasteiger partial charge in [-0.2, -0.15) is 0 Å². The maximum absolute atomic E-state index is 12.7. The first-order chi connectivity index (χ1) is 9.60. The molecule has 0 saturated heterocycles. The van der Waals surface area contributed by atoms with Crippen molar-refractivity contribution in [2.24, 2.45) is 0 Å². The van der Waals surface area contributed by atoms with Gasteiger partial charge in [-0.3, -0.25) is 0 Å². The van der Waals surface area contributed by atoms with Crippen LogP contribution < -0.4 is 14.5 Å². The van der Waals surface area contributed by atoms with E-state index in [0.717, 1.165) is 0 Å². The summed E-state index contributed by atoms with van der Waals surface area (Å²) in [7, 11) is 0. The van der Waals surface area contributed by atoms with E-state index in [1.165, 1.54) is 0 Å². The third-order valence-electron chi connectivity index (χ3n) is 3.48. The van der Waals surface area contributed by atoms with Gasteiger partial charge in [0.25, 0.3) is 0 Å². The van der Waals surface area contributed by atoms with E-state index < -0.39 is 18.3 Å². The van der Waals surface area contributed by atoms with E-state index in [9.17, 15) is 12.5 Å². The molecule has 0 fully saturated rings. The SMILES string of the molecule is O=c1oc2ccccc2c2c1-c1ccccc1[Se]2(=O)=O. The molecule has 4 nitrogen and oxygen atoms in total. The predicted molar refractivity (Wildman–Crippen MR) is 74.3 cm³/mol. The number of fused-ring (bicyclic) bond motifs is 5. The molecule has 1 aliphatic heterocycles. The molecular formula is C15H8O4Se. The molecule has 1 aromatic heterocycles. The van der Waals surface area contributed by atoms with Crippen molar-refractivity contribution in [3.8, 4) is 11.1 Å². The molecular weight excluding hydrogens is 323 g/mol. The minimum atomic E-state index is -4.54. The van der Waals surface area contributed by atoms with Gasteiger partial charge < -0.3 is 0 Å². The molecule has 3 aromatic rings. The van der Waals surface area contributed by atoms with Crippen LogP contribution in [0.1, 0.15) is 0 Å². The molecule has 0 spiro atoms. The van der Waals surface area contributed by atoms with Crippen LogP contribution in [0.25, 0.3) is 22.1 Å². The zero-order chi connectivity index (χ0) is 13.9. The third kappa shape index (κ3) is 1.28. The van der Waals surface area contributed by atoms with Crippen LogP contribution in [0.4, 0.5) is 0 Å². The topological polar surface area (TPSA) is 64.3 Å². The van der Waals surface area contributed by atoms with Gasteiger partial charge in [0.1, 0.15) is 0 Å². The van der Waals surface area contributed by atoms with Gasteiger partial charge in [0.15, 0.2) is 0 Å². The van der Waals surface area contributed by atoms with Gasteiger partial charge in [-0.05, 0) is 0 Å². The Hall–Kier alpha value is -2.23.